The van der Waals surface area contributed by atoms with Gasteiger partial charge >= 0.3 is 0 Å². The number of anilines is 1. The molecule has 0 saturated carbocycles. The van der Waals surface area contributed by atoms with E-state index < -0.39 is 0 Å². The summed E-state index contributed by atoms with van der Waals surface area (Å²) in [5.41, 5.74) is 2.83. The highest BCUT2D eigenvalue weighted by Gasteiger charge is 2.06. The van der Waals surface area contributed by atoms with Crippen molar-refractivity contribution in [1.29, 1.82) is 0 Å². The summed E-state index contributed by atoms with van der Waals surface area (Å²) in [6, 6.07) is 7.92. The summed E-state index contributed by atoms with van der Waals surface area (Å²) >= 11 is 0. The number of para-hydroxylation sites is 1. The standard InChI is InChI=1S/C15H16N4O2/c1-16-15(20)9-19-8-12(7-18-19)17-6-11-10-21-14-5-3-2-4-13(11)14/h2-5,7-8,10,17H,6,9H2,1H3,(H,16,20). The molecule has 1 aromatic carbocycles. The van der Waals surface area contributed by atoms with Crippen molar-refractivity contribution in [3.8, 4) is 0 Å². The number of carbonyl (C=O) groups is 1. The molecule has 0 fully saturated rings. The van der Waals surface area contributed by atoms with Gasteiger partial charge in [-0.05, 0) is 6.07 Å². The van der Waals surface area contributed by atoms with E-state index in [1.54, 1.807) is 30.4 Å². The molecule has 2 aromatic heterocycles. The Morgan fingerprint density at radius 1 is 1.38 bits per heavy atom. The number of hydrogen-bond acceptors (Lipinski definition) is 4. The maximum absolute atomic E-state index is 11.3. The predicted octanol–water partition coefficient (Wildman–Crippen LogP) is 1.99. The van der Waals surface area contributed by atoms with Crippen LogP contribution >= 0.6 is 0 Å². The molecule has 2 N–H and O–H groups in total. The fourth-order valence-electron chi connectivity index (χ4n) is 2.13. The molecule has 0 aliphatic heterocycles. The number of nitrogens with zero attached hydrogens (tertiary/aromatic N) is 2. The first-order valence-corrected chi connectivity index (χ1v) is 6.68. The average Bonchev–Trinajstić information content (AvgIpc) is 3.11. The molecule has 21 heavy (non-hydrogen) atoms. The summed E-state index contributed by atoms with van der Waals surface area (Å²) in [4.78, 5) is 11.3. The number of carbonyl (C=O) groups excluding carboxylic acids is 1. The Bertz CT molecular complexity index is 760. The molecule has 108 valence electrons. The molecule has 0 radical (unpaired) electrons. The highest BCUT2D eigenvalue weighted by Crippen LogP contribution is 2.21. The first-order chi connectivity index (χ1) is 10.3. The summed E-state index contributed by atoms with van der Waals surface area (Å²) < 4.78 is 7.09. The van der Waals surface area contributed by atoms with Crippen molar-refractivity contribution < 1.29 is 9.21 Å². The van der Waals surface area contributed by atoms with Gasteiger partial charge in [0, 0.05) is 30.7 Å². The lowest BCUT2D eigenvalue weighted by atomic mass is 10.2. The number of benzene rings is 1. The molecule has 0 atom stereocenters. The van der Waals surface area contributed by atoms with Gasteiger partial charge in [0.15, 0.2) is 0 Å². The minimum atomic E-state index is -0.0783. The van der Waals surface area contributed by atoms with Crippen LogP contribution in [0.15, 0.2) is 47.3 Å². The number of amides is 1. The SMILES string of the molecule is CNC(=O)Cn1cc(NCc2coc3ccccc23)cn1. The highest BCUT2D eigenvalue weighted by molar-refractivity contribution is 5.81. The third-order valence-corrected chi connectivity index (χ3v) is 3.26. The van der Waals surface area contributed by atoms with Crippen LogP contribution in [0.1, 0.15) is 5.56 Å². The number of furan rings is 1. The van der Waals surface area contributed by atoms with Gasteiger partial charge in [-0.15, -0.1) is 0 Å². The van der Waals surface area contributed by atoms with Crippen molar-refractivity contribution in [2.24, 2.45) is 0 Å². The van der Waals surface area contributed by atoms with Crippen molar-refractivity contribution in [2.75, 3.05) is 12.4 Å². The van der Waals surface area contributed by atoms with E-state index in [0.29, 0.717) is 6.54 Å². The second kappa shape index (κ2) is 5.70. The van der Waals surface area contributed by atoms with Crippen LogP contribution in [0, 0.1) is 0 Å². The topological polar surface area (TPSA) is 72.1 Å². The van der Waals surface area contributed by atoms with Crippen LogP contribution in [-0.4, -0.2) is 22.7 Å². The molecular formula is C15H16N4O2. The van der Waals surface area contributed by atoms with Crippen molar-refractivity contribution in [2.45, 2.75) is 13.1 Å². The number of fused-ring (bicyclic) bond motifs is 1. The molecule has 2 heterocycles. The monoisotopic (exact) mass is 284 g/mol. The molecule has 1 amide bonds. The van der Waals surface area contributed by atoms with Crippen molar-refractivity contribution >= 4 is 22.6 Å². The molecule has 6 nitrogen and oxygen atoms in total. The largest absolute Gasteiger partial charge is 0.464 e. The van der Waals surface area contributed by atoms with E-state index in [4.69, 9.17) is 4.42 Å². The van der Waals surface area contributed by atoms with Gasteiger partial charge < -0.3 is 15.1 Å². The maximum atomic E-state index is 11.3. The second-order valence-corrected chi connectivity index (χ2v) is 4.71. The van der Waals surface area contributed by atoms with Crippen molar-refractivity contribution in [1.82, 2.24) is 15.1 Å². The van der Waals surface area contributed by atoms with E-state index >= 15 is 0 Å². The number of rotatable bonds is 5. The van der Waals surface area contributed by atoms with Gasteiger partial charge in [-0.25, -0.2) is 0 Å². The van der Waals surface area contributed by atoms with Crippen LogP contribution in [0.5, 0.6) is 0 Å². The summed E-state index contributed by atoms with van der Waals surface area (Å²) in [6.45, 7) is 0.857. The molecular weight excluding hydrogens is 268 g/mol. The number of aromatic nitrogens is 2. The third-order valence-electron chi connectivity index (χ3n) is 3.26. The fourth-order valence-corrected chi connectivity index (χ4v) is 2.13. The lowest BCUT2D eigenvalue weighted by Gasteiger charge is -2.01. The average molecular weight is 284 g/mol. The van der Waals surface area contributed by atoms with Gasteiger partial charge in [0.05, 0.1) is 18.1 Å². The lowest BCUT2D eigenvalue weighted by molar-refractivity contribution is -0.121. The second-order valence-electron chi connectivity index (χ2n) is 4.71. The summed E-state index contributed by atoms with van der Waals surface area (Å²) in [6.07, 6.45) is 5.26. The molecule has 0 bridgehead atoms. The Kier molecular flexibility index (Phi) is 3.59. The van der Waals surface area contributed by atoms with Gasteiger partial charge in [-0.2, -0.15) is 5.10 Å². The van der Waals surface area contributed by atoms with Crippen molar-refractivity contribution in [3.63, 3.8) is 0 Å². The van der Waals surface area contributed by atoms with Crippen LogP contribution in [0.25, 0.3) is 11.0 Å². The Balaban J connectivity index is 1.66. The highest BCUT2D eigenvalue weighted by atomic mass is 16.3. The predicted molar refractivity (Wildman–Crippen MR) is 79.8 cm³/mol. The molecule has 6 heteroatoms. The van der Waals surface area contributed by atoms with Crippen LogP contribution in [-0.2, 0) is 17.9 Å². The van der Waals surface area contributed by atoms with E-state index in [0.717, 1.165) is 22.2 Å². The van der Waals surface area contributed by atoms with E-state index in [-0.39, 0.29) is 12.5 Å². The maximum Gasteiger partial charge on any atom is 0.241 e. The molecule has 0 spiro atoms. The van der Waals surface area contributed by atoms with E-state index in [2.05, 4.69) is 15.7 Å². The Morgan fingerprint density at radius 2 is 2.24 bits per heavy atom. The molecule has 0 unspecified atom stereocenters. The van der Waals surface area contributed by atoms with Crippen LogP contribution in [0.4, 0.5) is 5.69 Å². The quantitative estimate of drug-likeness (QED) is 0.751. The minimum absolute atomic E-state index is 0.0783. The van der Waals surface area contributed by atoms with Gasteiger partial charge in [0.25, 0.3) is 0 Å². The van der Waals surface area contributed by atoms with E-state index in [1.807, 2.05) is 24.3 Å². The Morgan fingerprint density at radius 3 is 3.10 bits per heavy atom. The van der Waals surface area contributed by atoms with Crippen LogP contribution in [0.3, 0.4) is 0 Å². The van der Waals surface area contributed by atoms with Gasteiger partial charge in [-0.3, -0.25) is 9.48 Å². The molecule has 0 saturated heterocycles. The van der Waals surface area contributed by atoms with Gasteiger partial charge in [0.2, 0.25) is 5.91 Å². The third kappa shape index (κ3) is 2.89. The molecule has 3 rings (SSSR count). The number of hydrogen-bond donors (Lipinski definition) is 2. The molecule has 0 aliphatic carbocycles. The van der Waals surface area contributed by atoms with Crippen LogP contribution in [0.2, 0.25) is 0 Å². The van der Waals surface area contributed by atoms with Gasteiger partial charge in [-0.1, -0.05) is 18.2 Å². The lowest BCUT2D eigenvalue weighted by Crippen LogP contribution is -2.23. The van der Waals surface area contributed by atoms with E-state index in [1.165, 1.54) is 0 Å². The zero-order valence-corrected chi connectivity index (χ0v) is 11.7. The van der Waals surface area contributed by atoms with Gasteiger partial charge in [0.1, 0.15) is 12.1 Å². The Labute approximate surface area is 121 Å². The summed E-state index contributed by atoms with van der Waals surface area (Å²) in [5.74, 6) is -0.0783. The summed E-state index contributed by atoms with van der Waals surface area (Å²) in [7, 11) is 1.61. The number of nitrogens with one attached hydrogen (secondary N) is 2. The zero-order chi connectivity index (χ0) is 14.7. The zero-order valence-electron chi connectivity index (χ0n) is 11.7. The fraction of sp³-hybridized carbons (Fsp3) is 0.200. The van der Waals surface area contributed by atoms with E-state index in [9.17, 15) is 4.79 Å². The normalized spacial score (nSPS) is 10.7. The summed E-state index contributed by atoms with van der Waals surface area (Å²) in [5, 5.41) is 11.1. The first kappa shape index (κ1) is 13.2. The Hall–Kier alpha value is -2.76. The number of likely N-dealkylation sites (N-methyl/N-ethyl adjacent to an activating group) is 1. The minimum Gasteiger partial charge on any atom is -0.464 e. The van der Waals surface area contributed by atoms with Crippen LogP contribution < -0.4 is 10.6 Å². The first-order valence-electron chi connectivity index (χ1n) is 6.68. The van der Waals surface area contributed by atoms with Crippen molar-refractivity contribution in [3.05, 3.63) is 48.5 Å². The molecule has 3 aromatic rings. The smallest absolute Gasteiger partial charge is 0.241 e. The molecule has 0 aliphatic rings.